The average molecular weight is 476 g/mol. The SMILES string of the molecule is Nc1ncc(-c2ccc(C3CCOCC3)c([C@@H](N)CCC3OCCCO3)c2)cc1Br. The summed E-state index contributed by atoms with van der Waals surface area (Å²) < 4.78 is 17.8. The molecule has 0 spiro atoms. The van der Waals surface area contributed by atoms with Gasteiger partial charge in [0.2, 0.25) is 0 Å². The Balaban J connectivity index is 1.60. The average Bonchev–Trinajstić information content (AvgIpc) is 2.80. The fraction of sp³-hybridized carbons (Fsp3) is 0.522. The maximum absolute atomic E-state index is 6.73. The van der Waals surface area contributed by atoms with Crippen molar-refractivity contribution < 1.29 is 14.2 Å². The molecule has 0 radical (unpaired) electrons. The highest BCUT2D eigenvalue weighted by Crippen LogP contribution is 2.36. The van der Waals surface area contributed by atoms with Gasteiger partial charge in [-0.2, -0.15) is 0 Å². The molecule has 2 saturated heterocycles. The molecule has 7 heteroatoms. The van der Waals surface area contributed by atoms with Crippen LogP contribution in [-0.4, -0.2) is 37.7 Å². The Labute approximate surface area is 186 Å². The maximum atomic E-state index is 6.73. The molecule has 4 N–H and O–H groups in total. The number of halogens is 1. The Kier molecular flexibility index (Phi) is 7.38. The Morgan fingerprint density at radius 3 is 2.57 bits per heavy atom. The van der Waals surface area contributed by atoms with Crippen molar-refractivity contribution in [1.29, 1.82) is 0 Å². The van der Waals surface area contributed by atoms with E-state index in [1.807, 2.05) is 12.3 Å². The zero-order valence-electron chi connectivity index (χ0n) is 17.2. The number of hydrogen-bond donors (Lipinski definition) is 2. The molecule has 2 fully saturated rings. The van der Waals surface area contributed by atoms with Crippen LogP contribution in [0.4, 0.5) is 5.82 Å². The highest BCUT2D eigenvalue weighted by molar-refractivity contribution is 9.10. The zero-order chi connectivity index (χ0) is 20.9. The van der Waals surface area contributed by atoms with Crippen molar-refractivity contribution in [2.45, 2.75) is 50.4 Å². The van der Waals surface area contributed by atoms with Gasteiger partial charge in [-0.15, -0.1) is 0 Å². The van der Waals surface area contributed by atoms with Crippen molar-refractivity contribution in [3.8, 4) is 11.1 Å². The molecule has 2 aliphatic rings. The van der Waals surface area contributed by atoms with E-state index in [1.165, 1.54) is 11.1 Å². The van der Waals surface area contributed by atoms with Crippen molar-refractivity contribution in [1.82, 2.24) is 4.98 Å². The number of hydrogen-bond acceptors (Lipinski definition) is 6. The summed E-state index contributed by atoms with van der Waals surface area (Å²) in [4.78, 5) is 4.29. The van der Waals surface area contributed by atoms with Gasteiger partial charge in [-0.3, -0.25) is 0 Å². The third-order valence-corrected chi connectivity index (χ3v) is 6.60. The molecule has 2 aromatic rings. The quantitative estimate of drug-likeness (QED) is 0.637. The number of ether oxygens (including phenoxy) is 3. The second-order valence-electron chi connectivity index (χ2n) is 8.03. The van der Waals surface area contributed by atoms with Crippen LogP contribution >= 0.6 is 15.9 Å². The zero-order valence-corrected chi connectivity index (χ0v) is 18.8. The molecule has 2 aliphatic heterocycles. The van der Waals surface area contributed by atoms with Gasteiger partial charge in [0.05, 0.1) is 17.7 Å². The van der Waals surface area contributed by atoms with E-state index in [4.69, 9.17) is 25.7 Å². The summed E-state index contributed by atoms with van der Waals surface area (Å²) in [6, 6.07) is 8.54. The second-order valence-corrected chi connectivity index (χ2v) is 8.88. The van der Waals surface area contributed by atoms with Crippen LogP contribution in [0.2, 0.25) is 0 Å². The summed E-state index contributed by atoms with van der Waals surface area (Å²) in [6.45, 7) is 3.14. The van der Waals surface area contributed by atoms with Crippen molar-refractivity contribution in [2.24, 2.45) is 5.73 Å². The number of nitrogen functional groups attached to an aromatic ring is 1. The summed E-state index contributed by atoms with van der Waals surface area (Å²) >= 11 is 3.48. The van der Waals surface area contributed by atoms with Gasteiger partial charge >= 0.3 is 0 Å². The molecule has 1 atom stereocenters. The smallest absolute Gasteiger partial charge is 0.157 e. The van der Waals surface area contributed by atoms with Gasteiger partial charge in [0, 0.05) is 37.4 Å². The number of pyridine rings is 1. The van der Waals surface area contributed by atoms with Crippen LogP contribution in [-0.2, 0) is 14.2 Å². The molecule has 6 nitrogen and oxygen atoms in total. The summed E-state index contributed by atoms with van der Waals surface area (Å²) in [5, 5.41) is 0. The van der Waals surface area contributed by atoms with Crippen LogP contribution in [0.25, 0.3) is 11.1 Å². The molecule has 162 valence electrons. The van der Waals surface area contributed by atoms with Crippen molar-refractivity contribution in [2.75, 3.05) is 32.2 Å². The molecular weight excluding hydrogens is 446 g/mol. The summed E-state index contributed by atoms with van der Waals surface area (Å²) in [7, 11) is 0. The van der Waals surface area contributed by atoms with Gasteiger partial charge < -0.3 is 25.7 Å². The Morgan fingerprint density at radius 1 is 1.07 bits per heavy atom. The minimum atomic E-state index is -0.142. The number of rotatable bonds is 6. The molecule has 0 amide bonds. The second kappa shape index (κ2) is 10.2. The van der Waals surface area contributed by atoms with E-state index in [1.54, 1.807) is 0 Å². The third-order valence-electron chi connectivity index (χ3n) is 5.96. The minimum Gasteiger partial charge on any atom is -0.383 e. The number of anilines is 1. The van der Waals surface area contributed by atoms with E-state index in [-0.39, 0.29) is 12.3 Å². The molecule has 0 saturated carbocycles. The third kappa shape index (κ3) is 5.21. The molecular formula is C23H30BrN3O3. The first-order valence-corrected chi connectivity index (χ1v) is 11.5. The summed E-state index contributed by atoms with van der Waals surface area (Å²) in [6.07, 6.45) is 6.30. The van der Waals surface area contributed by atoms with Gasteiger partial charge in [-0.05, 0) is 76.4 Å². The maximum Gasteiger partial charge on any atom is 0.157 e. The first-order valence-electron chi connectivity index (χ1n) is 10.7. The van der Waals surface area contributed by atoms with E-state index in [2.05, 4.69) is 39.1 Å². The standard InChI is InChI=1S/C23H30BrN3O3/c24-20-13-17(14-27-23(20)26)16-2-3-18(15-6-10-28-11-7-15)19(12-16)21(25)4-5-22-29-8-1-9-30-22/h2-3,12-15,21-22H,1,4-11,25H2,(H2,26,27)/t21-/m0/s1. The Morgan fingerprint density at radius 2 is 1.83 bits per heavy atom. The van der Waals surface area contributed by atoms with Gasteiger partial charge in [-0.25, -0.2) is 4.98 Å². The number of benzene rings is 1. The van der Waals surface area contributed by atoms with Crippen LogP contribution in [0.15, 0.2) is 34.9 Å². The number of aromatic nitrogens is 1. The topological polar surface area (TPSA) is 92.6 Å². The molecule has 1 aromatic heterocycles. The van der Waals surface area contributed by atoms with Crippen molar-refractivity contribution in [3.05, 3.63) is 46.1 Å². The molecule has 3 heterocycles. The lowest BCUT2D eigenvalue weighted by Crippen LogP contribution is -2.26. The van der Waals surface area contributed by atoms with Crippen LogP contribution in [0.3, 0.4) is 0 Å². The summed E-state index contributed by atoms with van der Waals surface area (Å²) in [5.41, 5.74) is 17.2. The first kappa shape index (κ1) is 21.7. The molecule has 30 heavy (non-hydrogen) atoms. The lowest BCUT2D eigenvalue weighted by molar-refractivity contribution is -0.182. The molecule has 4 rings (SSSR count). The van der Waals surface area contributed by atoms with Gasteiger partial charge in [-0.1, -0.05) is 12.1 Å². The predicted octanol–water partition coefficient (Wildman–Crippen LogP) is 4.53. The lowest BCUT2D eigenvalue weighted by Gasteiger charge is -2.28. The normalized spacial score (nSPS) is 19.7. The van der Waals surface area contributed by atoms with E-state index < -0.39 is 0 Å². The highest BCUT2D eigenvalue weighted by Gasteiger charge is 2.23. The summed E-state index contributed by atoms with van der Waals surface area (Å²) in [5.74, 6) is 0.967. The Hall–Kier alpha value is -1.51. The van der Waals surface area contributed by atoms with Crippen molar-refractivity contribution >= 4 is 21.7 Å². The van der Waals surface area contributed by atoms with Crippen molar-refractivity contribution in [3.63, 3.8) is 0 Å². The van der Waals surface area contributed by atoms with Crippen LogP contribution in [0, 0.1) is 0 Å². The van der Waals surface area contributed by atoms with E-state index in [9.17, 15) is 0 Å². The van der Waals surface area contributed by atoms with Crippen LogP contribution in [0.1, 0.15) is 55.2 Å². The van der Waals surface area contributed by atoms with Gasteiger partial charge in [0.15, 0.2) is 6.29 Å². The van der Waals surface area contributed by atoms with Gasteiger partial charge in [0.25, 0.3) is 0 Å². The van der Waals surface area contributed by atoms with E-state index >= 15 is 0 Å². The fourth-order valence-corrected chi connectivity index (χ4v) is 4.59. The molecule has 0 aliphatic carbocycles. The monoisotopic (exact) mass is 475 g/mol. The fourth-order valence-electron chi connectivity index (χ4n) is 4.24. The van der Waals surface area contributed by atoms with Crippen LogP contribution in [0.5, 0.6) is 0 Å². The Bertz CT molecular complexity index is 852. The highest BCUT2D eigenvalue weighted by atomic mass is 79.9. The first-order chi connectivity index (χ1) is 14.6. The molecule has 0 bridgehead atoms. The number of nitrogens with two attached hydrogens (primary N) is 2. The number of nitrogens with zero attached hydrogens (tertiary/aromatic N) is 1. The lowest BCUT2D eigenvalue weighted by atomic mass is 9.83. The van der Waals surface area contributed by atoms with E-state index in [0.717, 1.165) is 74.1 Å². The molecule has 1 aromatic carbocycles. The minimum absolute atomic E-state index is 0.0814. The van der Waals surface area contributed by atoms with E-state index in [0.29, 0.717) is 11.7 Å². The largest absolute Gasteiger partial charge is 0.383 e. The predicted molar refractivity (Wildman–Crippen MR) is 121 cm³/mol. The van der Waals surface area contributed by atoms with Gasteiger partial charge in [0.1, 0.15) is 5.82 Å². The molecule has 0 unspecified atom stereocenters. The van der Waals surface area contributed by atoms with Crippen LogP contribution < -0.4 is 11.5 Å².